The van der Waals surface area contributed by atoms with Crippen molar-refractivity contribution in [2.75, 3.05) is 19.0 Å². The first-order valence-corrected chi connectivity index (χ1v) is 13.5. The number of anilines is 1. The normalized spacial score (nSPS) is 28.8. The second kappa shape index (κ2) is 15.4. The van der Waals surface area contributed by atoms with Gasteiger partial charge in [-0.15, -0.1) is 0 Å². The summed E-state index contributed by atoms with van der Waals surface area (Å²) >= 11 is 0. The van der Waals surface area contributed by atoms with Gasteiger partial charge >= 0.3 is 6.09 Å². The first kappa shape index (κ1) is 33.6. The van der Waals surface area contributed by atoms with Gasteiger partial charge in [0.15, 0.2) is 17.5 Å². The molecule has 1 aliphatic rings. The number of hydrogen-bond donors (Lipinski definition) is 6. The van der Waals surface area contributed by atoms with Crippen molar-refractivity contribution in [1.29, 1.82) is 0 Å². The van der Waals surface area contributed by atoms with E-state index in [9.17, 15) is 30.1 Å². The summed E-state index contributed by atoms with van der Waals surface area (Å²) < 4.78 is 10.9. The molecule has 1 aromatic carbocycles. The molecule has 2 bridgehead atoms. The number of primary amides is 1. The number of allylic oxidation sites excluding steroid dienone is 2. The third-order valence-electron chi connectivity index (χ3n) is 7.14. The molecule has 7 N–H and O–H groups in total. The van der Waals surface area contributed by atoms with Crippen LogP contribution < -0.4 is 16.1 Å². The topological polar surface area (TPSA) is 179 Å². The van der Waals surface area contributed by atoms with Crippen LogP contribution in [0.25, 0.3) is 0 Å². The number of benzene rings is 1. The lowest BCUT2D eigenvalue weighted by molar-refractivity contribution is -0.769. The Bertz CT molecular complexity index is 1190. The van der Waals surface area contributed by atoms with Gasteiger partial charge in [-0.2, -0.15) is 0 Å². The molecule has 0 saturated heterocycles. The zero-order valence-electron chi connectivity index (χ0n) is 24.3. The highest BCUT2D eigenvalue weighted by molar-refractivity contribution is 6.04. The molecule has 0 radical (unpaired) electrons. The Labute approximate surface area is 241 Å². The summed E-state index contributed by atoms with van der Waals surface area (Å²) in [6.07, 6.45) is 5.63. The van der Waals surface area contributed by atoms with E-state index >= 15 is 0 Å². The van der Waals surface area contributed by atoms with Crippen LogP contribution in [0.3, 0.4) is 0 Å². The van der Waals surface area contributed by atoms with Gasteiger partial charge in [-0.1, -0.05) is 44.7 Å². The number of methoxy groups -OCH3 is 1. The van der Waals surface area contributed by atoms with Crippen molar-refractivity contribution in [2.45, 2.75) is 65.3 Å². The molecule has 11 heteroatoms. The van der Waals surface area contributed by atoms with E-state index in [4.69, 9.17) is 15.2 Å². The SMILES string of the molecule is C=CC[NH+]([O-])c1c(O)cc2c(O)c1C[C@@H](C)CC[C@H](O)[C@@H](C)/C=C(\C)[C@H](OC(N)=O)[C@@H](OC)/C=C\C=C(/C)C(=O)N2. The Balaban J connectivity index is 2.62. The lowest BCUT2D eigenvalue weighted by Gasteiger charge is -2.27. The number of hydroxylamine groups is 1. The molecule has 1 heterocycles. The Morgan fingerprint density at radius 2 is 1.98 bits per heavy atom. The number of amides is 2. The van der Waals surface area contributed by atoms with Crippen molar-refractivity contribution in [1.82, 2.24) is 0 Å². The lowest BCUT2D eigenvalue weighted by atomic mass is 9.89. The van der Waals surface area contributed by atoms with Crippen molar-refractivity contribution >= 4 is 23.4 Å². The molecule has 41 heavy (non-hydrogen) atoms. The maximum Gasteiger partial charge on any atom is 0.405 e. The number of quaternary nitrogens is 1. The Kier molecular flexibility index (Phi) is 12.6. The average molecular weight is 574 g/mol. The zero-order chi connectivity index (χ0) is 30.9. The molecule has 11 nitrogen and oxygen atoms in total. The number of nitrogens with one attached hydrogen (secondary N) is 2. The van der Waals surface area contributed by atoms with Crippen LogP contribution in [-0.4, -0.2) is 59.3 Å². The van der Waals surface area contributed by atoms with Gasteiger partial charge in [-0.05, 0) is 50.7 Å². The first-order valence-electron chi connectivity index (χ1n) is 13.5. The first-order chi connectivity index (χ1) is 19.3. The second-order valence-corrected chi connectivity index (χ2v) is 10.5. The number of ether oxygens (including phenoxy) is 2. The number of carbonyl (C=O) groups excluding carboxylic acids is 2. The van der Waals surface area contributed by atoms with Crippen LogP contribution in [0, 0.1) is 17.0 Å². The van der Waals surface area contributed by atoms with Crippen LogP contribution >= 0.6 is 0 Å². The largest absolute Gasteiger partial charge is 0.629 e. The van der Waals surface area contributed by atoms with Crippen LogP contribution in [0.4, 0.5) is 16.2 Å². The number of rotatable bonds is 5. The predicted molar refractivity (Wildman–Crippen MR) is 157 cm³/mol. The van der Waals surface area contributed by atoms with Crippen molar-refractivity contribution in [3.8, 4) is 11.5 Å². The molecule has 0 aromatic heterocycles. The van der Waals surface area contributed by atoms with E-state index in [2.05, 4.69) is 11.9 Å². The van der Waals surface area contributed by atoms with Gasteiger partial charge in [0, 0.05) is 24.7 Å². The molecular formula is C30H43N3O8. The number of nitrogens with two attached hydrogens (primary N) is 1. The molecule has 226 valence electrons. The highest BCUT2D eigenvalue weighted by Gasteiger charge is 2.28. The van der Waals surface area contributed by atoms with Gasteiger partial charge in [-0.25, -0.2) is 4.79 Å². The third kappa shape index (κ3) is 9.19. The maximum absolute atomic E-state index is 13.0. The van der Waals surface area contributed by atoms with Crippen molar-refractivity contribution in [2.24, 2.45) is 17.6 Å². The Morgan fingerprint density at radius 3 is 2.59 bits per heavy atom. The summed E-state index contributed by atoms with van der Waals surface area (Å²) in [7, 11) is 1.44. The number of phenols is 2. The minimum absolute atomic E-state index is 0.0214. The second-order valence-electron chi connectivity index (χ2n) is 10.5. The minimum atomic E-state index is -0.986. The van der Waals surface area contributed by atoms with E-state index in [1.54, 1.807) is 32.1 Å². The molecule has 1 unspecified atom stereocenters. The molecular weight excluding hydrogens is 530 g/mol. The zero-order valence-corrected chi connectivity index (χ0v) is 24.3. The molecule has 2 rings (SSSR count). The van der Waals surface area contributed by atoms with E-state index in [1.165, 1.54) is 19.3 Å². The number of carbonyl (C=O) groups is 2. The van der Waals surface area contributed by atoms with Crippen molar-refractivity contribution < 1.29 is 39.4 Å². The van der Waals surface area contributed by atoms with Gasteiger partial charge in [0.05, 0.1) is 23.9 Å². The molecule has 0 fully saturated rings. The molecule has 2 amide bonds. The van der Waals surface area contributed by atoms with Gasteiger partial charge in [0.1, 0.15) is 11.9 Å². The van der Waals surface area contributed by atoms with Crippen LogP contribution in [-0.2, 0) is 20.7 Å². The standard InChI is InChI=1S/C30H43N3O8/c1-7-13-33(39)26-21-14-17(2)11-12-23(34)19(4)15-20(5)28(41-30(31)38)25(40-6)10-8-9-18(3)29(37)32-22(27(21)36)16-24(26)35/h7-10,15-17,19,23,25,28,33-36H,1,11-14H2,2-6H3,(H2,31,38)(H,32,37)/b10-8-,18-9+,20-15+/t17-,19-,23-,25-,28-/m0/s1. The molecule has 1 aromatic rings. The van der Waals surface area contributed by atoms with E-state index in [-0.39, 0.29) is 58.8 Å². The quantitative estimate of drug-likeness (QED) is 0.135. The summed E-state index contributed by atoms with van der Waals surface area (Å²) in [5, 5.41) is 47.9. The maximum atomic E-state index is 13.0. The lowest BCUT2D eigenvalue weighted by Crippen LogP contribution is -3.02. The highest BCUT2D eigenvalue weighted by atomic mass is 16.6. The summed E-state index contributed by atoms with van der Waals surface area (Å²) in [4.78, 5) is 24.6. The number of hydrogen-bond acceptors (Lipinski definition) is 8. The van der Waals surface area contributed by atoms with Crippen LogP contribution in [0.2, 0.25) is 0 Å². The van der Waals surface area contributed by atoms with Crippen molar-refractivity contribution in [3.63, 3.8) is 0 Å². The number of aromatic hydroxyl groups is 2. The summed E-state index contributed by atoms with van der Waals surface area (Å²) in [5.41, 5.74) is 6.34. The predicted octanol–water partition coefficient (Wildman–Crippen LogP) is 3.13. The van der Waals surface area contributed by atoms with Crippen molar-refractivity contribution in [3.05, 3.63) is 64.9 Å². The number of aliphatic hydroxyl groups excluding tert-OH is 1. The molecule has 1 aliphatic heterocycles. The van der Waals surface area contributed by atoms with Gasteiger partial charge < -0.3 is 46.1 Å². The summed E-state index contributed by atoms with van der Waals surface area (Å²) in [6.45, 7) is 10.6. The van der Waals surface area contributed by atoms with E-state index in [1.807, 2.05) is 13.8 Å². The molecule has 0 saturated carbocycles. The van der Waals surface area contributed by atoms with Crippen LogP contribution in [0.15, 0.2) is 54.2 Å². The molecule has 6 atom stereocenters. The van der Waals surface area contributed by atoms with Gasteiger partial charge in [0.25, 0.3) is 5.91 Å². The van der Waals surface area contributed by atoms with Gasteiger partial charge in [-0.3, -0.25) is 4.79 Å². The number of fused-ring (bicyclic) bond motifs is 2. The Hall–Kier alpha value is -3.64. The fourth-order valence-electron chi connectivity index (χ4n) is 4.79. The average Bonchev–Trinajstić information content (AvgIpc) is 2.90. The minimum Gasteiger partial charge on any atom is -0.629 e. The van der Waals surface area contributed by atoms with Crippen LogP contribution in [0.1, 0.15) is 46.1 Å². The fourth-order valence-corrected chi connectivity index (χ4v) is 4.79. The third-order valence-corrected chi connectivity index (χ3v) is 7.14. The monoisotopic (exact) mass is 573 g/mol. The molecule has 0 spiro atoms. The van der Waals surface area contributed by atoms with E-state index in [0.29, 0.717) is 18.4 Å². The highest BCUT2D eigenvalue weighted by Crippen LogP contribution is 2.40. The van der Waals surface area contributed by atoms with Crippen LogP contribution in [0.5, 0.6) is 11.5 Å². The molecule has 0 aliphatic carbocycles. The smallest absolute Gasteiger partial charge is 0.405 e. The van der Waals surface area contributed by atoms with Gasteiger partial charge in [0.2, 0.25) is 0 Å². The summed E-state index contributed by atoms with van der Waals surface area (Å²) in [6, 6.07) is 1.15. The fraction of sp³-hybridized carbons (Fsp3) is 0.467. The number of aliphatic hydroxyl groups is 1. The number of phenolic OH excluding ortho intramolecular Hbond substituents is 2. The Morgan fingerprint density at radius 1 is 1.29 bits per heavy atom. The summed E-state index contributed by atoms with van der Waals surface area (Å²) in [5.74, 6) is -1.67. The van der Waals surface area contributed by atoms with E-state index in [0.717, 1.165) is 6.07 Å². The van der Waals surface area contributed by atoms with E-state index < -0.39 is 35.4 Å².